The summed E-state index contributed by atoms with van der Waals surface area (Å²) >= 11 is 8.03. The molecule has 0 radical (unpaired) electrons. The minimum Gasteiger partial charge on any atom is -0.379 e. The zero-order valence-corrected chi connectivity index (χ0v) is 10.2. The van der Waals surface area contributed by atoms with Crippen LogP contribution in [0, 0.1) is 0 Å². The molecule has 1 saturated heterocycles. The lowest BCUT2D eigenvalue weighted by Gasteiger charge is -2.26. The third-order valence-corrected chi connectivity index (χ3v) is 3.93. The number of nitrogens with one attached hydrogen (secondary N) is 1. The maximum absolute atomic E-state index is 6.17. The predicted molar refractivity (Wildman–Crippen MR) is 64.7 cm³/mol. The lowest BCUT2D eigenvalue weighted by atomic mass is 10.2. The fourth-order valence-electron chi connectivity index (χ4n) is 1.46. The number of hydrogen-bond acceptors (Lipinski definition) is 3. The summed E-state index contributed by atoms with van der Waals surface area (Å²) in [5.41, 5.74) is 1.19. The monoisotopic (exact) mass is 243 g/mol. The van der Waals surface area contributed by atoms with Crippen molar-refractivity contribution < 1.29 is 4.74 Å². The van der Waals surface area contributed by atoms with Gasteiger partial charge in [-0.15, -0.1) is 11.8 Å². The number of ether oxygens (including phenoxy) is 1. The van der Waals surface area contributed by atoms with E-state index in [4.69, 9.17) is 16.3 Å². The summed E-state index contributed by atoms with van der Waals surface area (Å²) in [6, 6.07) is 6.07. The molecule has 82 valence electrons. The van der Waals surface area contributed by atoms with Gasteiger partial charge in [0.25, 0.3) is 0 Å². The molecule has 15 heavy (non-hydrogen) atoms. The van der Waals surface area contributed by atoms with E-state index in [0.717, 1.165) is 24.8 Å². The highest BCUT2D eigenvalue weighted by atomic mass is 35.5. The van der Waals surface area contributed by atoms with E-state index in [9.17, 15) is 0 Å². The van der Waals surface area contributed by atoms with Gasteiger partial charge in [-0.1, -0.05) is 17.7 Å². The molecule has 4 heteroatoms. The van der Waals surface area contributed by atoms with Crippen molar-refractivity contribution in [3.8, 4) is 0 Å². The van der Waals surface area contributed by atoms with Crippen LogP contribution in [0.2, 0.25) is 5.02 Å². The Morgan fingerprint density at radius 3 is 2.93 bits per heavy atom. The molecule has 1 fully saturated rings. The van der Waals surface area contributed by atoms with Crippen molar-refractivity contribution >= 4 is 23.4 Å². The predicted octanol–water partition coefficient (Wildman–Crippen LogP) is 2.55. The molecule has 0 unspecified atom stereocenters. The molecule has 0 saturated carbocycles. The Kier molecular flexibility index (Phi) is 3.92. The van der Waals surface area contributed by atoms with Gasteiger partial charge in [0, 0.05) is 16.5 Å². The Bertz CT molecular complexity index is 341. The molecule has 0 bridgehead atoms. The van der Waals surface area contributed by atoms with Gasteiger partial charge in [-0.3, -0.25) is 0 Å². The summed E-state index contributed by atoms with van der Waals surface area (Å²) in [4.78, 5) is 1.27. The van der Waals surface area contributed by atoms with Crippen LogP contribution in [0.5, 0.6) is 0 Å². The van der Waals surface area contributed by atoms with Gasteiger partial charge in [0.05, 0.1) is 18.5 Å². The van der Waals surface area contributed by atoms with E-state index in [2.05, 4.69) is 11.4 Å². The van der Waals surface area contributed by atoms with E-state index in [-0.39, 0.29) is 0 Å². The van der Waals surface area contributed by atoms with Crippen LogP contribution in [0.4, 0.5) is 0 Å². The van der Waals surface area contributed by atoms with E-state index < -0.39 is 0 Å². The van der Waals surface area contributed by atoms with Crippen molar-refractivity contribution in [3.05, 3.63) is 28.8 Å². The van der Waals surface area contributed by atoms with Gasteiger partial charge in [0.2, 0.25) is 0 Å². The zero-order valence-electron chi connectivity index (χ0n) is 8.63. The fraction of sp³-hybridized carbons (Fsp3) is 0.455. The summed E-state index contributed by atoms with van der Waals surface area (Å²) in [5.74, 6) is 0. The van der Waals surface area contributed by atoms with Crippen LogP contribution < -0.4 is 5.32 Å². The molecule has 0 amide bonds. The Hall–Kier alpha value is -0.220. The topological polar surface area (TPSA) is 21.3 Å². The molecule has 0 aliphatic carbocycles. The lowest BCUT2D eigenvalue weighted by molar-refractivity contribution is 0.0455. The molecular formula is C11H14ClNOS. The van der Waals surface area contributed by atoms with Gasteiger partial charge in [-0.25, -0.2) is 0 Å². The number of halogens is 1. The first-order valence-corrected chi connectivity index (χ1v) is 6.23. The molecule has 2 nitrogen and oxygen atoms in total. The second kappa shape index (κ2) is 5.21. The smallest absolute Gasteiger partial charge is 0.0611 e. The van der Waals surface area contributed by atoms with Crippen LogP contribution >= 0.6 is 23.4 Å². The quantitative estimate of drug-likeness (QED) is 0.878. The summed E-state index contributed by atoms with van der Waals surface area (Å²) in [6.45, 7) is 2.53. The van der Waals surface area contributed by atoms with Crippen LogP contribution in [-0.2, 0) is 11.3 Å². The molecule has 1 aromatic rings. The average Bonchev–Trinajstić information content (AvgIpc) is 2.16. The van der Waals surface area contributed by atoms with Crippen LogP contribution in [0.15, 0.2) is 23.1 Å². The van der Waals surface area contributed by atoms with Gasteiger partial charge < -0.3 is 10.1 Å². The number of rotatable bonds is 4. The molecule has 1 aliphatic rings. The van der Waals surface area contributed by atoms with Crippen molar-refractivity contribution in [3.63, 3.8) is 0 Å². The van der Waals surface area contributed by atoms with Crippen molar-refractivity contribution in [2.45, 2.75) is 16.7 Å². The van der Waals surface area contributed by atoms with E-state index in [1.807, 2.05) is 30.9 Å². The summed E-state index contributed by atoms with van der Waals surface area (Å²) in [5, 5.41) is 4.58. The highest BCUT2D eigenvalue weighted by molar-refractivity contribution is 8.00. The van der Waals surface area contributed by atoms with Gasteiger partial charge in [0.15, 0.2) is 0 Å². The minimum atomic E-state index is 0.596. The Labute approximate surface area is 99.3 Å². The zero-order chi connectivity index (χ0) is 10.7. The molecule has 0 atom stereocenters. The third-order valence-electron chi connectivity index (χ3n) is 2.33. The molecule has 1 aliphatic heterocycles. The SMILES string of the molecule is CNCc1c(Cl)cccc1SC1COC1. The van der Waals surface area contributed by atoms with Crippen molar-refractivity contribution in [1.29, 1.82) is 0 Å². The first-order chi connectivity index (χ1) is 7.31. The molecule has 1 aromatic carbocycles. The normalized spacial score (nSPS) is 16.4. The summed E-state index contributed by atoms with van der Waals surface area (Å²) in [6.07, 6.45) is 0. The third kappa shape index (κ3) is 2.67. The summed E-state index contributed by atoms with van der Waals surface area (Å²) < 4.78 is 5.17. The number of hydrogen-bond donors (Lipinski definition) is 1. The first kappa shape index (κ1) is 11.3. The van der Waals surface area contributed by atoms with E-state index in [1.54, 1.807) is 0 Å². The number of benzene rings is 1. The molecule has 0 spiro atoms. The first-order valence-electron chi connectivity index (χ1n) is 4.97. The second-order valence-electron chi connectivity index (χ2n) is 3.52. The average molecular weight is 244 g/mol. The van der Waals surface area contributed by atoms with E-state index in [1.165, 1.54) is 10.5 Å². The van der Waals surface area contributed by atoms with Gasteiger partial charge in [0.1, 0.15) is 0 Å². The number of thioether (sulfide) groups is 1. The highest BCUT2D eigenvalue weighted by Crippen LogP contribution is 2.33. The molecule has 0 aromatic heterocycles. The standard InChI is InChI=1S/C11H14ClNOS/c1-13-5-9-10(12)3-2-4-11(9)15-8-6-14-7-8/h2-4,8,13H,5-7H2,1H3. The fourth-order valence-corrected chi connectivity index (χ4v) is 2.93. The van der Waals surface area contributed by atoms with Gasteiger partial charge in [-0.2, -0.15) is 0 Å². The van der Waals surface area contributed by atoms with Crippen molar-refractivity contribution in [2.75, 3.05) is 20.3 Å². The van der Waals surface area contributed by atoms with Crippen LogP contribution in [0.1, 0.15) is 5.56 Å². The molecule has 1 heterocycles. The van der Waals surface area contributed by atoms with E-state index in [0.29, 0.717) is 5.25 Å². The Balaban J connectivity index is 2.15. The maximum atomic E-state index is 6.17. The van der Waals surface area contributed by atoms with Crippen molar-refractivity contribution in [1.82, 2.24) is 5.32 Å². The lowest BCUT2D eigenvalue weighted by Crippen LogP contribution is -2.30. The van der Waals surface area contributed by atoms with E-state index >= 15 is 0 Å². The van der Waals surface area contributed by atoms with Crippen molar-refractivity contribution in [2.24, 2.45) is 0 Å². The molecular weight excluding hydrogens is 230 g/mol. The Morgan fingerprint density at radius 1 is 1.53 bits per heavy atom. The molecule has 2 rings (SSSR count). The Morgan fingerprint density at radius 2 is 2.33 bits per heavy atom. The van der Waals surface area contributed by atoms with Gasteiger partial charge in [-0.05, 0) is 24.7 Å². The van der Waals surface area contributed by atoms with Crippen LogP contribution in [0.25, 0.3) is 0 Å². The largest absolute Gasteiger partial charge is 0.379 e. The molecule has 1 N–H and O–H groups in total. The highest BCUT2D eigenvalue weighted by Gasteiger charge is 2.21. The van der Waals surface area contributed by atoms with Crippen LogP contribution in [0.3, 0.4) is 0 Å². The summed E-state index contributed by atoms with van der Waals surface area (Å²) in [7, 11) is 1.93. The second-order valence-corrected chi connectivity index (χ2v) is 5.27. The van der Waals surface area contributed by atoms with Crippen LogP contribution in [-0.4, -0.2) is 25.5 Å². The maximum Gasteiger partial charge on any atom is 0.0611 e. The minimum absolute atomic E-state index is 0.596. The van der Waals surface area contributed by atoms with Gasteiger partial charge >= 0.3 is 0 Å².